The first kappa shape index (κ1) is 39.8. The Hall–Kier alpha value is -4.33. The minimum absolute atomic E-state index is 0.00242. The fourth-order valence-electron chi connectivity index (χ4n) is 4.85. The summed E-state index contributed by atoms with van der Waals surface area (Å²) in [6.45, 7) is 4.60. The Balaban J connectivity index is 0.000000418. The molecule has 1 unspecified atom stereocenters. The van der Waals surface area contributed by atoms with Gasteiger partial charge in [0.15, 0.2) is 35.7 Å². The number of hydrogen-bond acceptors (Lipinski definition) is 10. The van der Waals surface area contributed by atoms with Crippen molar-refractivity contribution >= 4 is 52.6 Å². The van der Waals surface area contributed by atoms with Crippen LogP contribution in [0.25, 0.3) is 0 Å². The van der Waals surface area contributed by atoms with Crippen LogP contribution in [-0.2, 0) is 22.4 Å². The number of nitrogens with one attached hydrogen (secondary N) is 1. The predicted octanol–water partition coefficient (Wildman–Crippen LogP) is 3.34. The number of halogens is 2. The second kappa shape index (κ2) is 21.5. The predicted molar refractivity (Wildman–Crippen MR) is 189 cm³/mol. The number of aromatic nitrogens is 2. The highest BCUT2D eigenvalue weighted by atomic mass is 35.5. The first-order valence-electron chi connectivity index (χ1n) is 15.5. The van der Waals surface area contributed by atoms with Gasteiger partial charge < -0.3 is 42.6 Å². The zero-order valence-corrected chi connectivity index (χ0v) is 28.9. The molecular formula is C33H46Cl2N8O5. The number of amides is 3. The molecule has 9 N–H and O–H groups in total. The molecule has 0 bridgehead atoms. The van der Waals surface area contributed by atoms with Gasteiger partial charge in [-0.2, -0.15) is 0 Å². The third kappa shape index (κ3) is 14.6. The third-order valence-corrected chi connectivity index (χ3v) is 7.33. The fraction of sp³-hybridized carbons (Fsp3) is 0.424. The zero-order valence-electron chi connectivity index (χ0n) is 27.4. The number of ether oxygens (including phenoxy) is 2. The largest absolute Gasteiger partial charge is 0.484 e. The fourth-order valence-corrected chi connectivity index (χ4v) is 4.97. The number of nitrogen functional groups attached to an aromatic ring is 2. The number of likely N-dealkylation sites (tertiary alicyclic amines) is 1. The number of hydrogen-bond donors (Lipinski definition) is 5. The maximum atomic E-state index is 12.6. The summed E-state index contributed by atoms with van der Waals surface area (Å²) in [5, 5.41) is 2.94. The Bertz CT molecular complexity index is 1450. The van der Waals surface area contributed by atoms with Crippen molar-refractivity contribution in [3.8, 4) is 11.5 Å². The zero-order chi connectivity index (χ0) is 35.5. The maximum absolute atomic E-state index is 12.6. The molecule has 4 rings (SSSR count). The highest BCUT2D eigenvalue weighted by Crippen LogP contribution is 2.19. The van der Waals surface area contributed by atoms with E-state index in [1.165, 1.54) is 17.5 Å². The Morgan fingerprint density at radius 1 is 0.875 bits per heavy atom. The number of carbonyl (C=O) groups excluding carboxylic acids is 3. The number of anilines is 2. The van der Waals surface area contributed by atoms with Crippen molar-refractivity contribution in [2.45, 2.75) is 51.5 Å². The van der Waals surface area contributed by atoms with Gasteiger partial charge in [-0.3, -0.25) is 14.4 Å². The second-order valence-corrected chi connectivity index (χ2v) is 11.3. The van der Waals surface area contributed by atoms with Gasteiger partial charge in [0.25, 0.3) is 17.7 Å². The van der Waals surface area contributed by atoms with Crippen molar-refractivity contribution < 1.29 is 23.9 Å². The molecule has 1 aromatic heterocycles. The lowest BCUT2D eigenvalue weighted by Crippen LogP contribution is -2.48. The van der Waals surface area contributed by atoms with E-state index >= 15 is 0 Å². The monoisotopic (exact) mass is 704 g/mol. The van der Waals surface area contributed by atoms with Crippen molar-refractivity contribution in [1.29, 1.82) is 0 Å². The van der Waals surface area contributed by atoms with Crippen molar-refractivity contribution in [3.05, 3.63) is 70.5 Å². The lowest BCUT2D eigenvalue weighted by atomic mass is 10.0. The van der Waals surface area contributed by atoms with Crippen molar-refractivity contribution in [2.75, 3.05) is 50.7 Å². The van der Waals surface area contributed by atoms with E-state index in [4.69, 9.17) is 44.0 Å². The molecule has 0 radical (unpaired) electrons. The molecule has 0 saturated carbocycles. The number of alkyl halides is 1. The molecule has 1 fully saturated rings. The Labute approximate surface area is 291 Å². The first-order valence-corrected chi connectivity index (χ1v) is 16.7. The van der Waals surface area contributed by atoms with Crippen LogP contribution < -0.4 is 37.7 Å². The van der Waals surface area contributed by atoms with Gasteiger partial charge in [-0.05, 0) is 80.6 Å². The number of rotatable bonds is 14. The van der Waals surface area contributed by atoms with Crippen LogP contribution in [0.1, 0.15) is 54.2 Å². The highest BCUT2D eigenvalue weighted by Gasteiger charge is 2.24. The van der Waals surface area contributed by atoms with Gasteiger partial charge in [-0.25, -0.2) is 9.97 Å². The molecule has 2 heterocycles. The molecule has 2 aromatic carbocycles. The lowest BCUT2D eigenvalue weighted by molar-refractivity contribution is -0.120. The summed E-state index contributed by atoms with van der Waals surface area (Å²) in [6, 6.07) is 15.3. The smallest absolute Gasteiger partial charge is 0.274 e. The number of aryl methyl sites for hydroxylation is 2. The average molecular weight is 706 g/mol. The lowest BCUT2D eigenvalue weighted by Gasteiger charge is -2.33. The van der Waals surface area contributed by atoms with Crippen LogP contribution in [0, 0.1) is 0 Å². The molecule has 48 heavy (non-hydrogen) atoms. The van der Waals surface area contributed by atoms with Crippen molar-refractivity contribution in [2.24, 2.45) is 11.5 Å². The van der Waals surface area contributed by atoms with E-state index in [1.54, 1.807) is 0 Å². The molecule has 0 aliphatic carbocycles. The van der Waals surface area contributed by atoms with Crippen molar-refractivity contribution in [3.63, 3.8) is 0 Å². The van der Waals surface area contributed by atoms with E-state index in [0.29, 0.717) is 11.5 Å². The molecular weight excluding hydrogens is 659 g/mol. The van der Waals surface area contributed by atoms with Gasteiger partial charge in [0, 0.05) is 19.0 Å². The number of nitrogens with two attached hydrogens (primary N) is 4. The summed E-state index contributed by atoms with van der Waals surface area (Å²) in [6.07, 6.45) is 7.43. The molecule has 1 aliphatic heterocycles. The van der Waals surface area contributed by atoms with Crippen LogP contribution in [0.2, 0.25) is 5.15 Å². The van der Waals surface area contributed by atoms with Gasteiger partial charge >= 0.3 is 0 Å². The number of benzene rings is 2. The summed E-state index contributed by atoms with van der Waals surface area (Å²) in [7, 11) is 0. The standard InChI is InChI=1S/C21H28ClN7O3.C11H15NO2.CH3Cl/c22-18-20(25)28-19(24)17(27-18)21(31)26-14-4-2-10-29(11-14)9-1-3-13-5-7-15(8-6-13)32-12-16(23)30;1-2-3-9-4-6-10(7-5-9)14-8-11(12)13;1-2/h5-8,14H,1-4,9-12H2,(H2,23,30)(H,26,31)(H4,24,25,28);4-7H,2-3,8H2,1H3,(H2,12,13);1H3. The number of piperidine rings is 1. The summed E-state index contributed by atoms with van der Waals surface area (Å²) in [5.74, 6) is -0.0946. The topological polar surface area (TPSA) is 215 Å². The van der Waals surface area contributed by atoms with Crippen LogP contribution in [0.4, 0.5) is 11.6 Å². The minimum atomic E-state index is -0.501. The number of nitrogens with zero attached hydrogens (tertiary/aromatic N) is 3. The number of carbonyl (C=O) groups is 3. The Kier molecular flexibility index (Phi) is 17.9. The first-order chi connectivity index (χ1) is 23.0. The summed E-state index contributed by atoms with van der Waals surface area (Å²) in [4.78, 5) is 43.9. The van der Waals surface area contributed by atoms with E-state index in [1.807, 2.05) is 48.5 Å². The SMILES string of the molecule is CCCc1ccc(OCC(N)=O)cc1.CCl.NC(=O)COc1ccc(CCCN2CCCC(NC(=O)c3nc(Cl)c(N)nc3N)C2)cc1. The Morgan fingerprint density at radius 2 is 1.42 bits per heavy atom. The van der Waals surface area contributed by atoms with Gasteiger partial charge in [0.1, 0.15) is 11.5 Å². The minimum Gasteiger partial charge on any atom is -0.484 e. The maximum Gasteiger partial charge on any atom is 0.274 e. The van der Waals surface area contributed by atoms with Crippen molar-refractivity contribution in [1.82, 2.24) is 20.2 Å². The van der Waals surface area contributed by atoms with Gasteiger partial charge in [0.05, 0.1) is 0 Å². The molecule has 3 amide bonds. The Morgan fingerprint density at radius 3 is 1.94 bits per heavy atom. The summed E-state index contributed by atoms with van der Waals surface area (Å²) >= 11 is 10.5. The van der Waals surface area contributed by atoms with Gasteiger partial charge in [0.2, 0.25) is 0 Å². The van der Waals surface area contributed by atoms with Crippen LogP contribution in [0.3, 0.4) is 0 Å². The molecule has 13 nitrogen and oxygen atoms in total. The molecule has 1 atom stereocenters. The summed E-state index contributed by atoms with van der Waals surface area (Å²) in [5.41, 5.74) is 23.8. The molecule has 15 heteroatoms. The molecule has 1 aliphatic rings. The highest BCUT2D eigenvalue weighted by molar-refractivity contribution is 6.31. The van der Waals surface area contributed by atoms with E-state index in [2.05, 4.69) is 38.7 Å². The third-order valence-electron chi connectivity index (χ3n) is 7.05. The molecule has 3 aromatic rings. The van der Waals surface area contributed by atoms with Gasteiger partial charge in [-0.15, -0.1) is 11.6 Å². The quantitative estimate of drug-likeness (QED) is 0.154. The van der Waals surface area contributed by atoms with E-state index < -0.39 is 17.7 Å². The van der Waals surface area contributed by atoms with Crippen LogP contribution >= 0.6 is 23.2 Å². The number of primary amides is 2. The van der Waals surface area contributed by atoms with E-state index in [0.717, 1.165) is 58.2 Å². The summed E-state index contributed by atoms with van der Waals surface area (Å²) < 4.78 is 10.4. The van der Waals surface area contributed by atoms with Gasteiger partial charge in [-0.1, -0.05) is 49.2 Å². The molecule has 262 valence electrons. The van der Waals surface area contributed by atoms with Crippen LogP contribution in [0.5, 0.6) is 11.5 Å². The average Bonchev–Trinajstić information content (AvgIpc) is 3.07. The molecule has 0 spiro atoms. The van der Waals surface area contributed by atoms with Crippen LogP contribution in [0.15, 0.2) is 48.5 Å². The van der Waals surface area contributed by atoms with E-state index in [-0.39, 0.29) is 41.7 Å². The molecule has 1 saturated heterocycles. The van der Waals surface area contributed by atoms with Crippen LogP contribution in [-0.4, -0.2) is 77.9 Å². The van der Waals surface area contributed by atoms with E-state index in [9.17, 15) is 14.4 Å². The second-order valence-electron chi connectivity index (χ2n) is 10.9. The normalized spacial score (nSPS) is 14.0.